The van der Waals surface area contributed by atoms with Crippen LogP contribution < -0.4 is 5.32 Å². The molecule has 0 bridgehead atoms. The Morgan fingerprint density at radius 3 is 3.10 bits per heavy atom. The Balaban J connectivity index is 2.30. The first-order valence-electron chi connectivity index (χ1n) is 3.47. The molecule has 0 aliphatic carbocycles. The van der Waals surface area contributed by atoms with Gasteiger partial charge in [-0.2, -0.15) is 5.26 Å². The van der Waals surface area contributed by atoms with Gasteiger partial charge < -0.3 is 4.74 Å². The second kappa shape index (κ2) is 3.00. The van der Waals surface area contributed by atoms with Gasteiger partial charge in [-0.3, -0.25) is 5.32 Å². The molecule has 3 heteroatoms. The van der Waals surface area contributed by atoms with Gasteiger partial charge in [0.1, 0.15) is 0 Å². The Morgan fingerprint density at radius 2 is 2.60 bits per heavy atom. The van der Waals surface area contributed by atoms with E-state index in [1.807, 2.05) is 0 Å². The van der Waals surface area contributed by atoms with Crippen LogP contribution in [0.4, 0.5) is 0 Å². The van der Waals surface area contributed by atoms with E-state index in [4.69, 9.17) is 10.00 Å². The average Bonchev–Trinajstić information content (AvgIpc) is 2.33. The summed E-state index contributed by atoms with van der Waals surface area (Å²) < 4.78 is 5.19. The van der Waals surface area contributed by atoms with Crippen molar-refractivity contribution >= 4 is 0 Å². The van der Waals surface area contributed by atoms with Crippen LogP contribution in [0.2, 0.25) is 0 Å². The first-order chi connectivity index (χ1) is 4.77. The Morgan fingerprint density at radius 1 is 1.80 bits per heavy atom. The quantitative estimate of drug-likeness (QED) is 0.560. The lowest BCUT2D eigenvalue weighted by Crippen LogP contribution is -2.42. The van der Waals surface area contributed by atoms with E-state index in [9.17, 15) is 0 Å². The zero-order valence-electron chi connectivity index (χ0n) is 6.18. The van der Waals surface area contributed by atoms with Gasteiger partial charge >= 0.3 is 0 Å². The van der Waals surface area contributed by atoms with Crippen LogP contribution in [0.15, 0.2) is 0 Å². The number of hydrogen-bond donors (Lipinski definition) is 1. The summed E-state index contributed by atoms with van der Waals surface area (Å²) in [7, 11) is 0. The summed E-state index contributed by atoms with van der Waals surface area (Å²) in [6.07, 6.45) is 1.01. The maximum Gasteiger partial charge on any atom is 0.0845 e. The van der Waals surface area contributed by atoms with Crippen LogP contribution in [0.3, 0.4) is 0 Å². The molecule has 0 aromatic heterocycles. The monoisotopic (exact) mass is 140 g/mol. The van der Waals surface area contributed by atoms with Crippen LogP contribution in [0.5, 0.6) is 0 Å². The van der Waals surface area contributed by atoms with Crippen LogP contribution in [-0.2, 0) is 4.74 Å². The Kier molecular flexibility index (Phi) is 2.25. The molecule has 0 aromatic rings. The summed E-state index contributed by atoms with van der Waals surface area (Å²) in [5.41, 5.74) is 0.0513. The van der Waals surface area contributed by atoms with E-state index in [1.54, 1.807) is 0 Å². The van der Waals surface area contributed by atoms with Gasteiger partial charge in [0.15, 0.2) is 0 Å². The molecule has 3 nitrogen and oxygen atoms in total. The van der Waals surface area contributed by atoms with Crippen molar-refractivity contribution in [2.75, 3.05) is 19.8 Å². The van der Waals surface area contributed by atoms with E-state index in [0.717, 1.165) is 19.6 Å². The third-order valence-corrected chi connectivity index (χ3v) is 1.81. The molecule has 1 aliphatic rings. The van der Waals surface area contributed by atoms with Crippen molar-refractivity contribution in [2.24, 2.45) is 0 Å². The van der Waals surface area contributed by atoms with Gasteiger partial charge in [-0.15, -0.1) is 0 Å². The highest BCUT2D eigenvalue weighted by Gasteiger charge is 2.28. The van der Waals surface area contributed by atoms with Gasteiger partial charge in [0.25, 0.3) is 0 Å². The van der Waals surface area contributed by atoms with Crippen molar-refractivity contribution in [1.82, 2.24) is 5.32 Å². The van der Waals surface area contributed by atoms with Crippen molar-refractivity contribution in [2.45, 2.75) is 18.9 Å². The molecule has 0 aromatic carbocycles. The molecule has 1 rings (SSSR count). The van der Waals surface area contributed by atoms with Gasteiger partial charge in [-0.05, 0) is 13.3 Å². The highest BCUT2D eigenvalue weighted by atomic mass is 16.5. The normalized spacial score (nSPS) is 32.0. The molecule has 1 atom stereocenters. The Bertz CT molecular complexity index is 144. The molecule has 0 amide bonds. The number of ether oxygens (including phenoxy) is 1. The Labute approximate surface area is 61.0 Å². The third-order valence-electron chi connectivity index (χ3n) is 1.81. The van der Waals surface area contributed by atoms with Crippen LogP contribution in [0.1, 0.15) is 13.3 Å². The molecule has 1 aliphatic heterocycles. The number of nitrogens with zero attached hydrogens (tertiary/aromatic N) is 1. The van der Waals surface area contributed by atoms with Crippen molar-refractivity contribution < 1.29 is 4.74 Å². The number of nitrogens with one attached hydrogen (secondary N) is 1. The number of nitriles is 1. The van der Waals surface area contributed by atoms with E-state index < -0.39 is 0 Å². The molecule has 56 valence electrons. The second-order valence-electron chi connectivity index (χ2n) is 2.87. The third kappa shape index (κ3) is 1.69. The van der Waals surface area contributed by atoms with Gasteiger partial charge in [0.05, 0.1) is 19.2 Å². The van der Waals surface area contributed by atoms with Crippen LogP contribution >= 0.6 is 0 Å². The molecule has 1 saturated heterocycles. The smallest absolute Gasteiger partial charge is 0.0845 e. The minimum Gasteiger partial charge on any atom is -0.379 e. The van der Waals surface area contributed by atoms with Crippen molar-refractivity contribution in [3.8, 4) is 6.07 Å². The summed E-state index contributed by atoms with van der Waals surface area (Å²) in [6, 6.07) is 2.05. The predicted molar refractivity (Wildman–Crippen MR) is 37.5 cm³/mol. The molecule has 1 unspecified atom stereocenters. The van der Waals surface area contributed by atoms with Crippen molar-refractivity contribution in [3.05, 3.63) is 0 Å². The molecule has 0 saturated carbocycles. The largest absolute Gasteiger partial charge is 0.379 e. The minimum absolute atomic E-state index is 0.0513. The molecule has 10 heavy (non-hydrogen) atoms. The van der Waals surface area contributed by atoms with Crippen molar-refractivity contribution in [1.29, 1.82) is 5.26 Å². The first-order valence-corrected chi connectivity index (χ1v) is 3.47. The molecule has 0 radical (unpaired) electrons. The van der Waals surface area contributed by atoms with Gasteiger partial charge in [0.2, 0.25) is 0 Å². The second-order valence-corrected chi connectivity index (χ2v) is 2.87. The highest BCUT2D eigenvalue weighted by molar-refractivity contribution is 4.90. The fraction of sp³-hybridized carbons (Fsp3) is 0.857. The van der Waals surface area contributed by atoms with E-state index in [-0.39, 0.29) is 5.54 Å². The average molecular weight is 140 g/mol. The fourth-order valence-corrected chi connectivity index (χ4v) is 1.06. The van der Waals surface area contributed by atoms with Gasteiger partial charge in [-0.25, -0.2) is 0 Å². The Hall–Kier alpha value is -0.590. The molecular weight excluding hydrogens is 128 g/mol. The maximum atomic E-state index is 8.29. The summed E-state index contributed by atoms with van der Waals surface area (Å²) in [5, 5.41) is 11.4. The lowest BCUT2D eigenvalue weighted by molar-refractivity contribution is 0.173. The SMILES string of the molecule is CC1(NCC#N)CCOC1. The summed E-state index contributed by atoms with van der Waals surface area (Å²) in [5.74, 6) is 0. The topological polar surface area (TPSA) is 45.0 Å². The van der Waals surface area contributed by atoms with Crippen LogP contribution in [-0.4, -0.2) is 25.3 Å². The first kappa shape index (κ1) is 7.52. The number of rotatable bonds is 2. The maximum absolute atomic E-state index is 8.29. The lowest BCUT2D eigenvalue weighted by Gasteiger charge is -2.21. The zero-order valence-corrected chi connectivity index (χ0v) is 6.18. The standard InChI is InChI=1S/C7H12N2O/c1-7(9-4-3-8)2-5-10-6-7/h9H,2,4-6H2,1H3. The predicted octanol–water partition coefficient (Wildman–Crippen LogP) is 0.279. The molecule has 0 spiro atoms. The fourth-order valence-electron chi connectivity index (χ4n) is 1.06. The molecule has 1 fully saturated rings. The van der Waals surface area contributed by atoms with Crippen LogP contribution in [0, 0.1) is 11.3 Å². The summed E-state index contributed by atoms with van der Waals surface area (Å²) >= 11 is 0. The highest BCUT2D eigenvalue weighted by Crippen LogP contribution is 2.16. The number of hydrogen-bond acceptors (Lipinski definition) is 3. The molecule has 1 N–H and O–H groups in total. The summed E-state index contributed by atoms with van der Waals surface area (Å²) in [6.45, 7) is 4.04. The van der Waals surface area contributed by atoms with E-state index >= 15 is 0 Å². The molecule has 1 heterocycles. The van der Waals surface area contributed by atoms with Gasteiger partial charge in [0, 0.05) is 12.1 Å². The lowest BCUT2D eigenvalue weighted by atomic mass is 10.0. The zero-order chi connectivity index (χ0) is 7.45. The van der Waals surface area contributed by atoms with E-state index in [1.165, 1.54) is 0 Å². The minimum atomic E-state index is 0.0513. The van der Waals surface area contributed by atoms with Gasteiger partial charge in [-0.1, -0.05) is 0 Å². The van der Waals surface area contributed by atoms with Crippen molar-refractivity contribution in [3.63, 3.8) is 0 Å². The summed E-state index contributed by atoms with van der Waals surface area (Å²) in [4.78, 5) is 0. The van der Waals surface area contributed by atoms with E-state index in [0.29, 0.717) is 6.54 Å². The van der Waals surface area contributed by atoms with E-state index in [2.05, 4.69) is 18.3 Å². The van der Waals surface area contributed by atoms with Crippen LogP contribution in [0.25, 0.3) is 0 Å². The molecular formula is C7H12N2O.